The maximum atomic E-state index is 15.0. The minimum atomic E-state index is -1.76. The number of amides is 7. The minimum absolute atomic E-state index is 0.0720. The summed E-state index contributed by atoms with van der Waals surface area (Å²) in [5.41, 5.74) is 0.571. The van der Waals surface area contributed by atoms with Crippen LogP contribution in [-0.2, 0) is 63.8 Å². The summed E-state index contributed by atoms with van der Waals surface area (Å²) in [6, 6.07) is -2.19. The molecule has 3 saturated heterocycles. The molecule has 22 nitrogen and oxygen atoms in total. The first-order valence-electron chi connectivity index (χ1n) is 28.0. The second-order valence-corrected chi connectivity index (χ2v) is 23.0. The molecule has 22 heteroatoms. The van der Waals surface area contributed by atoms with E-state index < -0.39 is 150 Å². The topological polar surface area (TPSA) is 288 Å². The molecule has 442 valence electrons. The number of likely N-dealkylation sites (N-methyl/N-ethyl adjacent to an activating group) is 2. The van der Waals surface area contributed by atoms with Crippen LogP contribution in [0.15, 0.2) is 24.3 Å². The number of carbonyl (C=O) groups is 10. The Labute approximate surface area is 465 Å². The SMILES string of the molecule is CC[C@H](C)[C@H]1NC(=O)[C@@H](NC(=O)[C@@H](CC(C)C)N(C)C(=O)[C@@H]2CCCN2C(=O)[C@H](C)O)[C@@H](C)OC(=O)[C@H](Cc2ccc(OC)cc2)N(C)C(=O)[C@H]2CCCN2C(=O)[C@H](CC(C)C)NC(=O)[C@@H](C)C(=O)[C@H](C(C)C)OC(=O)C[C@@H]1O. The summed E-state index contributed by atoms with van der Waals surface area (Å²) in [5.74, 6) is -10.3. The number of ether oxygens (including phenoxy) is 3. The number of esters is 2. The quantitative estimate of drug-likeness (QED) is 0.124. The predicted octanol–water partition coefficient (Wildman–Crippen LogP) is 2.32. The van der Waals surface area contributed by atoms with Crippen molar-refractivity contribution in [1.82, 2.24) is 35.6 Å². The van der Waals surface area contributed by atoms with Crippen LogP contribution < -0.4 is 20.7 Å². The lowest BCUT2D eigenvalue weighted by atomic mass is 9.91. The van der Waals surface area contributed by atoms with Crippen LogP contribution in [0.25, 0.3) is 0 Å². The lowest BCUT2D eigenvalue weighted by Gasteiger charge is -2.36. The molecular formula is C57H89N7O15. The van der Waals surface area contributed by atoms with E-state index in [0.29, 0.717) is 30.6 Å². The summed E-state index contributed by atoms with van der Waals surface area (Å²) in [6.45, 7) is 18.4. The van der Waals surface area contributed by atoms with Crippen molar-refractivity contribution in [1.29, 1.82) is 0 Å². The van der Waals surface area contributed by atoms with Gasteiger partial charge in [-0.05, 0) is 101 Å². The van der Waals surface area contributed by atoms with Gasteiger partial charge in [-0.15, -0.1) is 0 Å². The van der Waals surface area contributed by atoms with Gasteiger partial charge in [-0.25, -0.2) is 4.79 Å². The molecule has 1 aromatic carbocycles. The Balaban J connectivity index is 1.89. The number of hydrogen-bond donors (Lipinski definition) is 5. The molecule has 0 saturated carbocycles. The van der Waals surface area contributed by atoms with Gasteiger partial charge in [0.2, 0.25) is 35.4 Å². The number of hydrogen-bond acceptors (Lipinski definition) is 15. The molecule has 3 aliphatic heterocycles. The number of carbonyl (C=O) groups excluding carboxylic acids is 10. The van der Waals surface area contributed by atoms with E-state index >= 15 is 4.79 Å². The highest BCUT2D eigenvalue weighted by Gasteiger charge is 2.46. The van der Waals surface area contributed by atoms with Gasteiger partial charge in [0.25, 0.3) is 5.91 Å². The molecule has 1 aromatic rings. The van der Waals surface area contributed by atoms with Gasteiger partial charge >= 0.3 is 11.9 Å². The summed E-state index contributed by atoms with van der Waals surface area (Å²) < 4.78 is 17.2. The number of aliphatic hydroxyl groups excluding tert-OH is 2. The first-order chi connectivity index (χ1) is 37.0. The number of Topliss-reactive ketones (excluding diaryl/α,β-unsaturated/α-hetero) is 1. The second kappa shape index (κ2) is 29.3. The molecule has 3 fully saturated rings. The van der Waals surface area contributed by atoms with Crippen LogP contribution in [-0.4, -0.2) is 190 Å². The van der Waals surface area contributed by atoms with Crippen molar-refractivity contribution in [2.75, 3.05) is 34.3 Å². The normalized spacial score (nSPS) is 27.7. The highest BCUT2D eigenvalue weighted by atomic mass is 16.6. The highest BCUT2D eigenvalue weighted by Crippen LogP contribution is 2.27. The molecule has 0 unspecified atom stereocenters. The molecule has 13 atom stereocenters. The molecule has 3 aliphatic rings. The van der Waals surface area contributed by atoms with E-state index in [2.05, 4.69) is 16.0 Å². The van der Waals surface area contributed by atoms with Gasteiger partial charge in [-0.1, -0.05) is 73.9 Å². The van der Waals surface area contributed by atoms with Crippen LogP contribution in [0.2, 0.25) is 0 Å². The summed E-state index contributed by atoms with van der Waals surface area (Å²) in [4.78, 5) is 149. The zero-order valence-electron chi connectivity index (χ0n) is 48.8. The fourth-order valence-corrected chi connectivity index (χ4v) is 10.5. The first-order valence-corrected chi connectivity index (χ1v) is 28.0. The van der Waals surface area contributed by atoms with E-state index in [9.17, 15) is 53.4 Å². The van der Waals surface area contributed by atoms with Gasteiger partial charge < -0.3 is 60.0 Å². The molecule has 0 aromatic heterocycles. The van der Waals surface area contributed by atoms with E-state index in [-0.39, 0.29) is 57.0 Å². The minimum Gasteiger partial charge on any atom is -0.497 e. The van der Waals surface area contributed by atoms with Gasteiger partial charge in [0.1, 0.15) is 54.2 Å². The number of benzene rings is 1. The van der Waals surface area contributed by atoms with Crippen molar-refractivity contribution in [2.45, 2.75) is 201 Å². The van der Waals surface area contributed by atoms with Crippen molar-refractivity contribution >= 4 is 59.1 Å². The molecular weight excluding hydrogens is 1020 g/mol. The molecule has 0 radical (unpaired) electrons. The van der Waals surface area contributed by atoms with Crippen molar-refractivity contribution in [3.05, 3.63) is 29.8 Å². The number of fused-ring (bicyclic) bond motifs is 1. The summed E-state index contributed by atoms with van der Waals surface area (Å²) >= 11 is 0. The predicted molar refractivity (Wildman–Crippen MR) is 290 cm³/mol. The maximum absolute atomic E-state index is 15.0. The van der Waals surface area contributed by atoms with Crippen molar-refractivity contribution in [3.8, 4) is 5.75 Å². The molecule has 0 spiro atoms. The third kappa shape index (κ3) is 16.9. The third-order valence-electron chi connectivity index (χ3n) is 15.5. The van der Waals surface area contributed by atoms with E-state index in [4.69, 9.17) is 14.2 Å². The smallest absolute Gasteiger partial charge is 0.329 e. The third-order valence-corrected chi connectivity index (χ3v) is 15.5. The van der Waals surface area contributed by atoms with Gasteiger partial charge in [0.05, 0.1) is 31.6 Å². The van der Waals surface area contributed by atoms with Gasteiger partial charge in [-0.2, -0.15) is 0 Å². The molecule has 4 rings (SSSR count). The molecule has 7 amide bonds. The average molecular weight is 1110 g/mol. The Hall–Kier alpha value is -6.16. The van der Waals surface area contributed by atoms with Gasteiger partial charge in [-0.3, -0.25) is 43.2 Å². The lowest BCUT2D eigenvalue weighted by Crippen LogP contribution is -2.62. The maximum Gasteiger partial charge on any atom is 0.329 e. The summed E-state index contributed by atoms with van der Waals surface area (Å²) in [7, 11) is 4.29. The van der Waals surface area contributed by atoms with Crippen molar-refractivity contribution in [2.24, 2.45) is 29.6 Å². The van der Waals surface area contributed by atoms with Crippen LogP contribution in [0.1, 0.15) is 133 Å². The molecule has 5 N–H and O–H groups in total. The Morgan fingerprint density at radius 1 is 0.861 bits per heavy atom. The van der Waals surface area contributed by atoms with E-state index in [0.717, 1.165) is 0 Å². The van der Waals surface area contributed by atoms with Crippen LogP contribution >= 0.6 is 0 Å². The fourth-order valence-electron chi connectivity index (χ4n) is 10.5. The van der Waals surface area contributed by atoms with E-state index in [1.165, 1.54) is 61.6 Å². The standard InChI is InChI=1S/C57H89N7O15/c1-15-33(8)46-44(66)29-45(67)79-49(32(6)7)48(68)34(9)50(69)58-39(26-30(2)3)54(73)64-25-17-19-41(64)56(75)62(13)43(28-37-20-22-38(77-14)23-21-37)57(76)78-36(11)47(52(71)59-46)60-51(70)42(27-31(4)5)61(12)55(74)40-18-16-24-63(40)53(72)35(10)65/h20-23,30-36,39-44,46-47,49,65-66H,15-19,24-29H2,1-14H3,(H,58,69)(H,59,71)(H,60,70)/t33-,34-,35-,36+,39-,40-,41+,42+,43-,44-,46+,47-,49-/m0/s1. The van der Waals surface area contributed by atoms with Gasteiger partial charge in [0, 0.05) is 33.6 Å². The monoisotopic (exact) mass is 1110 g/mol. The molecule has 0 aliphatic carbocycles. The number of likely N-dealkylation sites (tertiary alicyclic amines) is 1. The Bertz CT molecular complexity index is 2330. The Kier molecular flexibility index (Phi) is 24.3. The number of nitrogens with one attached hydrogen (secondary N) is 3. The van der Waals surface area contributed by atoms with Gasteiger partial charge in [0.15, 0.2) is 11.9 Å². The number of nitrogens with zero attached hydrogens (tertiary/aromatic N) is 4. The van der Waals surface area contributed by atoms with Crippen molar-refractivity contribution < 1.29 is 72.4 Å². The number of rotatable bonds is 15. The summed E-state index contributed by atoms with van der Waals surface area (Å²) in [5, 5.41) is 30.2. The first kappa shape index (κ1) is 65.4. The summed E-state index contributed by atoms with van der Waals surface area (Å²) in [6.07, 6.45) is -4.99. The number of ketones is 1. The zero-order valence-corrected chi connectivity index (χ0v) is 48.8. The van der Waals surface area contributed by atoms with Crippen molar-refractivity contribution in [3.63, 3.8) is 0 Å². The average Bonchev–Trinajstić information content (AvgIpc) is 4.13. The van der Waals surface area contributed by atoms with E-state index in [1.807, 2.05) is 27.7 Å². The van der Waals surface area contributed by atoms with Crippen LogP contribution in [0.4, 0.5) is 0 Å². The molecule has 3 heterocycles. The van der Waals surface area contributed by atoms with E-state index in [1.54, 1.807) is 52.0 Å². The Morgan fingerprint density at radius 3 is 2.06 bits per heavy atom. The molecule has 0 bridgehead atoms. The van der Waals surface area contributed by atoms with Crippen LogP contribution in [0.3, 0.4) is 0 Å². The lowest BCUT2D eigenvalue weighted by molar-refractivity contribution is -0.163. The number of methoxy groups -OCH3 is 1. The zero-order chi connectivity index (χ0) is 59.3. The number of aliphatic hydroxyl groups is 2. The highest BCUT2D eigenvalue weighted by molar-refractivity contribution is 6.05. The number of cyclic esters (lactones) is 2. The largest absolute Gasteiger partial charge is 0.497 e. The van der Waals surface area contributed by atoms with Crippen LogP contribution in [0.5, 0.6) is 5.75 Å². The molecule has 79 heavy (non-hydrogen) atoms. The Morgan fingerprint density at radius 2 is 1.49 bits per heavy atom. The fraction of sp³-hybridized carbons (Fsp3) is 0.719. The second-order valence-electron chi connectivity index (χ2n) is 23.0. The van der Waals surface area contributed by atoms with Crippen LogP contribution in [0, 0.1) is 29.6 Å².